The van der Waals surface area contributed by atoms with Crippen LogP contribution in [-0.2, 0) is 12.8 Å². The number of carbonyl (C=O) groups excluding carboxylic acids is 1. The van der Waals surface area contributed by atoms with E-state index < -0.39 is 0 Å². The van der Waals surface area contributed by atoms with Crippen LogP contribution in [0.3, 0.4) is 0 Å². The topological polar surface area (TPSA) is 90.4 Å². The molecule has 4 rings (SSSR count). The van der Waals surface area contributed by atoms with Gasteiger partial charge in [0.25, 0.3) is 5.91 Å². The van der Waals surface area contributed by atoms with Gasteiger partial charge in [-0.05, 0) is 47.4 Å². The molecule has 0 spiro atoms. The molecule has 1 amide bonds. The maximum Gasteiger partial charge on any atom is 0.292 e. The van der Waals surface area contributed by atoms with Crippen molar-refractivity contribution < 1.29 is 9.90 Å². The molecule has 0 radical (unpaired) electrons. The van der Waals surface area contributed by atoms with Crippen molar-refractivity contribution in [2.24, 2.45) is 16.4 Å². The summed E-state index contributed by atoms with van der Waals surface area (Å²) in [6, 6.07) is 11.2. The smallest absolute Gasteiger partial charge is 0.292 e. The Labute approximate surface area is 176 Å². The molecule has 3 aromatic rings. The Morgan fingerprint density at radius 3 is 2.93 bits per heavy atom. The quantitative estimate of drug-likeness (QED) is 0.430. The van der Waals surface area contributed by atoms with Gasteiger partial charge in [-0.15, -0.1) is 0 Å². The number of amides is 1. The van der Waals surface area contributed by atoms with Crippen LogP contribution in [0, 0.1) is 11.3 Å². The van der Waals surface area contributed by atoms with Crippen LogP contribution < -0.4 is 5.43 Å². The average Bonchev–Trinajstić information content (AvgIpc) is 3.18. The molecular weight excluding hydrogens is 376 g/mol. The molecule has 0 fully saturated rings. The predicted molar refractivity (Wildman–Crippen MR) is 119 cm³/mol. The number of nitrogens with zero attached hydrogens (tertiary/aromatic N) is 2. The lowest BCUT2D eigenvalue weighted by molar-refractivity contribution is 0.0947. The Morgan fingerprint density at radius 1 is 1.33 bits per heavy atom. The summed E-state index contributed by atoms with van der Waals surface area (Å²) in [6.45, 7) is 6.81. The summed E-state index contributed by atoms with van der Waals surface area (Å²) < 4.78 is 0. The van der Waals surface area contributed by atoms with E-state index in [2.05, 4.69) is 41.5 Å². The molecule has 0 aliphatic heterocycles. The molecule has 1 heterocycles. The Kier molecular flexibility index (Phi) is 5.33. The van der Waals surface area contributed by atoms with Crippen molar-refractivity contribution in [2.45, 2.75) is 46.5 Å². The van der Waals surface area contributed by atoms with Crippen LogP contribution in [0.25, 0.3) is 10.8 Å². The van der Waals surface area contributed by atoms with Crippen molar-refractivity contribution >= 4 is 22.9 Å². The van der Waals surface area contributed by atoms with Crippen LogP contribution in [0.5, 0.6) is 5.75 Å². The van der Waals surface area contributed by atoms with Crippen LogP contribution in [0.15, 0.2) is 41.5 Å². The second kappa shape index (κ2) is 7.94. The summed E-state index contributed by atoms with van der Waals surface area (Å²) in [5.41, 5.74) is 5.86. The molecule has 1 aliphatic rings. The van der Waals surface area contributed by atoms with E-state index in [0.717, 1.165) is 47.7 Å². The molecular formula is C24H28N4O2. The number of benzene rings is 2. The van der Waals surface area contributed by atoms with Gasteiger partial charge in [-0.25, -0.2) is 5.43 Å². The zero-order valence-electron chi connectivity index (χ0n) is 17.7. The molecule has 0 saturated carbocycles. The number of phenols is 1. The molecule has 1 aliphatic carbocycles. The fourth-order valence-corrected chi connectivity index (χ4v) is 4.27. The zero-order chi connectivity index (χ0) is 21.3. The highest BCUT2D eigenvalue weighted by atomic mass is 16.3. The van der Waals surface area contributed by atoms with Crippen LogP contribution in [0.1, 0.15) is 60.9 Å². The molecule has 30 heavy (non-hydrogen) atoms. The van der Waals surface area contributed by atoms with E-state index in [1.165, 1.54) is 6.21 Å². The molecule has 1 aromatic heterocycles. The van der Waals surface area contributed by atoms with E-state index in [-0.39, 0.29) is 17.1 Å². The van der Waals surface area contributed by atoms with Gasteiger partial charge in [-0.3, -0.25) is 9.89 Å². The number of aryl methyl sites for hydroxylation is 1. The minimum absolute atomic E-state index is 0.119. The number of rotatable bonds is 5. The Morgan fingerprint density at radius 2 is 2.13 bits per heavy atom. The number of hydrogen-bond donors (Lipinski definition) is 3. The number of carbonyl (C=O) groups is 1. The number of aromatic nitrogens is 2. The third-order valence-corrected chi connectivity index (χ3v) is 6.69. The highest BCUT2D eigenvalue weighted by Gasteiger charge is 2.34. The highest BCUT2D eigenvalue weighted by Crippen LogP contribution is 2.40. The number of hydrazone groups is 1. The van der Waals surface area contributed by atoms with E-state index in [1.54, 1.807) is 6.07 Å². The van der Waals surface area contributed by atoms with Gasteiger partial charge in [0.2, 0.25) is 0 Å². The SMILES string of the molecule is CCC(C)(C)C1CCc2[nH]nc(C(=O)N/N=C/c3c(O)ccc4ccccc34)c2C1. The first-order valence-corrected chi connectivity index (χ1v) is 10.5. The molecule has 2 aromatic carbocycles. The van der Waals surface area contributed by atoms with Crippen molar-refractivity contribution in [3.05, 3.63) is 58.9 Å². The fraction of sp³-hybridized carbons (Fsp3) is 0.375. The first-order chi connectivity index (χ1) is 14.4. The maximum absolute atomic E-state index is 12.8. The minimum atomic E-state index is -0.335. The van der Waals surface area contributed by atoms with Crippen molar-refractivity contribution in [1.82, 2.24) is 15.6 Å². The number of hydrogen-bond acceptors (Lipinski definition) is 4. The molecule has 0 saturated heterocycles. The first kappa shape index (κ1) is 20.1. The van der Waals surface area contributed by atoms with Crippen LogP contribution in [0.4, 0.5) is 0 Å². The summed E-state index contributed by atoms with van der Waals surface area (Å²) in [5.74, 6) is 0.308. The third kappa shape index (κ3) is 3.70. The number of fused-ring (bicyclic) bond motifs is 2. The largest absolute Gasteiger partial charge is 0.507 e. The predicted octanol–water partition coefficient (Wildman–Crippen LogP) is 4.57. The van der Waals surface area contributed by atoms with Gasteiger partial charge in [0.05, 0.1) is 6.21 Å². The standard InChI is InChI=1S/C24H28N4O2/c1-4-24(2,3)16-10-11-20-18(13-16)22(27-26-20)23(30)28-25-14-19-17-8-6-5-7-15(17)9-12-21(19)29/h5-9,12,14,16,29H,4,10-11,13H2,1-3H3,(H,26,27)(H,28,30)/b25-14+. The lowest BCUT2D eigenvalue weighted by Gasteiger charge is -2.36. The van der Waals surface area contributed by atoms with Crippen LogP contribution in [-0.4, -0.2) is 27.4 Å². The zero-order valence-corrected chi connectivity index (χ0v) is 17.7. The summed E-state index contributed by atoms with van der Waals surface area (Å²) in [6.07, 6.45) is 5.46. The van der Waals surface area contributed by atoms with Crippen LogP contribution >= 0.6 is 0 Å². The molecule has 1 unspecified atom stereocenters. The lowest BCUT2D eigenvalue weighted by Crippen LogP contribution is -2.30. The molecule has 3 N–H and O–H groups in total. The average molecular weight is 405 g/mol. The van der Waals surface area contributed by atoms with E-state index in [1.807, 2.05) is 30.3 Å². The molecule has 6 nitrogen and oxygen atoms in total. The number of phenolic OH excluding ortho intramolecular Hbond substituents is 1. The summed E-state index contributed by atoms with van der Waals surface area (Å²) in [5, 5.41) is 23.5. The van der Waals surface area contributed by atoms with Crippen molar-refractivity contribution in [3.8, 4) is 5.75 Å². The second-order valence-electron chi connectivity index (χ2n) is 8.73. The monoisotopic (exact) mass is 404 g/mol. The van der Waals surface area contributed by atoms with Crippen molar-refractivity contribution in [1.29, 1.82) is 0 Å². The Balaban J connectivity index is 1.53. The van der Waals surface area contributed by atoms with Gasteiger partial charge in [0.15, 0.2) is 5.69 Å². The number of aromatic amines is 1. The maximum atomic E-state index is 12.8. The van der Waals surface area contributed by atoms with E-state index >= 15 is 0 Å². The lowest BCUT2D eigenvalue weighted by atomic mass is 9.69. The normalized spacial score (nSPS) is 16.7. The van der Waals surface area contributed by atoms with Gasteiger partial charge in [0, 0.05) is 16.8 Å². The second-order valence-corrected chi connectivity index (χ2v) is 8.73. The fourth-order valence-electron chi connectivity index (χ4n) is 4.27. The van der Waals surface area contributed by atoms with Crippen molar-refractivity contribution in [2.75, 3.05) is 0 Å². The number of aromatic hydroxyl groups is 1. The van der Waals surface area contributed by atoms with E-state index in [9.17, 15) is 9.90 Å². The summed E-state index contributed by atoms with van der Waals surface area (Å²) >= 11 is 0. The first-order valence-electron chi connectivity index (χ1n) is 10.5. The van der Waals surface area contributed by atoms with Crippen LogP contribution in [0.2, 0.25) is 0 Å². The van der Waals surface area contributed by atoms with Gasteiger partial charge in [-0.1, -0.05) is 57.5 Å². The Hall–Kier alpha value is -3.15. The number of H-pyrrole nitrogens is 1. The van der Waals surface area contributed by atoms with Gasteiger partial charge in [-0.2, -0.15) is 10.2 Å². The highest BCUT2D eigenvalue weighted by molar-refractivity contribution is 6.03. The van der Waals surface area contributed by atoms with Gasteiger partial charge in [0.1, 0.15) is 5.75 Å². The third-order valence-electron chi connectivity index (χ3n) is 6.69. The summed E-state index contributed by atoms with van der Waals surface area (Å²) in [7, 11) is 0. The number of nitrogens with one attached hydrogen (secondary N) is 2. The van der Waals surface area contributed by atoms with E-state index in [0.29, 0.717) is 17.2 Å². The van der Waals surface area contributed by atoms with Gasteiger partial charge >= 0.3 is 0 Å². The Bertz CT molecular complexity index is 1110. The molecule has 6 heteroatoms. The summed E-state index contributed by atoms with van der Waals surface area (Å²) in [4.78, 5) is 12.8. The minimum Gasteiger partial charge on any atom is -0.507 e. The molecule has 0 bridgehead atoms. The van der Waals surface area contributed by atoms with E-state index in [4.69, 9.17) is 0 Å². The van der Waals surface area contributed by atoms with Gasteiger partial charge < -0.3 is 5.11 Å². The molecule has 156 valence electrons. The molecule has 1 atom stereocenters. The van der Waals surface area contributed by atoms with Crippen molar-refractivity contribution in [3.63, 3.8) is 0 Å².